The molecular formula is C21H32O3. The van der Waals surface area contributed by atoms with Crippen LogP contribution >= 0.6 is 0 Å². The van der Waals surface area contributed by atoms with Gasteiger partial charge in [0.1, 0.15) is 0 Å². The first kappa shape index (κ1) is 16.8. The molecular weight excluding hydrogens is 300 g/mol. The molecule has 0 aromatic heterocycles. The number of hydrogen-bond donors (Lipinski definition) is 2. The van der Waals surface area contributed by atoms with Crippen molar-refractivity contribution >= 4 is 0 Å². The van der Waals surface area contributed by atoms with Crippen LogP contribution in [-0.2, 0) is 4.74 Å². The largest absolute Gasteiger partial charge is 0.393 e. The first-order valence-corrected chi connectivity index (χ1v) is 9.68. The second-order valence-corrected chi connectivity index (χ2v) is 9.22. The number of hydrogen-bond acceptors (Lipinski definition) is 3. The van der Waals surface area contributed by atoms with Crippen molar-refractivity contribution in [2.24, 2.45) is 29.1 Å². The van der Waals surface area contributed by atoms with Gasteiger partial charge in [-0.15, -0.1) is 0 Å². The van der Waals surface area contributed by atoms with Crippen LogP contribution in [0.25, 0.3) is 0 Å². The van der Waals surface area contributed by atoms with Gasteiger partial charge in [-0.3, -0.25) is 0 Å². The predicted octanol–water partition coefficient (Wildman–Crippen LogP) is 3.46. The minimum Gasteiger partial charge on any atom is -0.393 e. The fraction of sp³-hybridized carbons (Fsp3) is 0.810. The minimum atomic E-state index is -0.718. The van der Waals surface area contributed by atoms with E-state index < -0.39 is 5.60 Å². The first-order valence-electron chi connectivity index (χ1n) is 9.68. The zero-order valence-corrected chi connectivity index (χ0v) is 15.3. The molecule has 0 heterocycles. The second-order valence-electron chi connectivity index (χ2n) is 9.22. The molecule has 0 aromatic rings. The lowest BCUT2D eigenvalue weighted by molar-refractivity contribution is -0.0391. The predicted molar refractivity (Wildman–Crippen MR) is 94.4 cm³/mol. The van der Waals surface area contributed by atoms with Crippen LogP contribution in [0.5, 0.6) is 0 Å². The van der Waals surface area contributed by atoms with E-state index >= 15 is 0 Å². The summed E-state index contributed by atoms with van der Waals surface area (Å²) in [5.74, 6) is 2.29. The molecule has 0 radical (unpaired) electrons. The Balaban J connectivity index is 1.70. The molecule has 2 N–H and O–H groups in total. The van der Waals surface area contributed by atoms with Crippen molar-refractivity contribution < 1.29 is 14.9 Å². The molecule has 0 amide bonds. The van der Waals surface area contributed by atoms with E-state index in [1.54, 1.807) is 7.11 Å². The summed E-state index contributed by atoms with van der Waals surface area (Å²) in [6.45, 7) is 4.96. The molecule has 134 valence electrons. The van der Waals surface area contributed by atoms with E-state index in [0.29, 0.717) is 23.7 Å². The van der Waals surface area contributed by atoms with Gasteiger partial charge in [0.2, 0.25) is 0 Å². The summed E-state index contributed by atoms with van der Waals surface area (Å²) in [5, 5.41) is 21.1. The van der Waals surface area contributed by atoms with Crippen molar-refractivity contribution in [3.8, 4) is 0 Å². The standard InChI is InChI=1S/C21H32O3/c1-20(23)8-6-15-14-7-9-21(2)18(4-5-19(21)22)16(14)10-13(12-24-3)17(15)11-20/h6,11,13-14,16,18-19,22-23H,4-5,7-10,12H2,1-3H3/t13?,14-,16?,18+,19?,20?,21?/m1/s1. The Morgan fingerprint density at radius 3 is 2.75 bits per heavy atom. The molecule has 5 unspecified atom stereocenters. The Labute approximate surface area is 145 Å². The Morgan fingerprint density at radius 1 is 1.21 bits per heavy atom. The number of aliphatic hydroxyl groups is 2. The highest BCUT2D eigenvalue weighted by Crippen LogP contribution is 2.62. The molecule has 7 atom stereocenters. The van der Waals surface area contributed by atoms with Crippen molar-refractivity contribution in [3.05, 3.63) is 23.3 Å². The van der Waals surface area contributed by atoms with Crippen LogP contribution < -0.4 is 0 Å². The van der Waals surface area contributed by atoms with E-state index in [0.717, 1.165) is 32.3 Å². The van der Waals surface area contributed by atoms with E-state index in [1.807, 2.05) is 6.92 Å². The van der Waals surface area contributed by atoms with Crippen LogP contribution in [0.1, 0.15) is 52.4 Å². The highest BCUT2D eigenvalue weighted by molar-refractivity contribution is 5.44. The lowest BCUT2D eigenvalue weighted by Crippen LogP contribution is -2.47. The Morgan fingerprint density at radius 2 is 2.00 bits per heavy atom. The van der Waals surface area contributed by atoms with Gasteiger partial charge >= 0.3 is 0 Å². The fourth-order valence-electron chi connectivity index (χ4n) is 6.42. The molecule has 3 saturated carbocycles. The molecule has 0 spiro atoms. The normalized spacial score (nSPS) is 50.5. The molecule has 4 rings (SSSR count). The van der Waals surface area contributed by atoms with Gasteiger partial charge in [-0.1, -0.05) is 13.0 Å². The smallest absolute Gasteiger partial charge is 0.0840 e. The topological polar surface area (TPSA) is 49.7 Å². The molecule has 0 aliphatic heterocycles. The number of aliphatic hydroxyl groups excluding tert-OH is 1. The Kier molecular flexibility index (Phi) is 3.98. The minimum absolute atomic E-state index is 0.112. The van der Waals surface area contributed by atoms with Gasteiger partial charge in [0.05, 0.1) is 18.3 Å². The summed E-state index contributed by atoms with van der Waals surface area (Å²) in [4.78, 5) is 0. The van der Waals surface area contributed by atoms with E-state index in [4.69, 9.17) is 4.74 Å². The summed E-state index contributed by atoms with van der Waals surface area (Å²) in [6, 6.07) is 0. The van der Waals surface area contributed by atoms with Gasteiger partial charge in [0.25, 0.3) is 0 Å². The summed E-state index contributed by atoms with van der Waals surface area (Å²) in [7, 11) is 1.78. The summed E-state index contributed by atoms with van der Waals surface area (Å²) in [6.07, 6.45) is 10.6. The number of allylic oxidation sites excluding steroid dienone is 1. The van der Waals surface area contributed by atoms with E-state index in [-0.39, 0.29) is 11.5 Å². The molecule has 4 aliphatic carbocycles. The number of methoxy groups -OCH3 is 1. The van der Waals surface area contributed by atoms with Crippen LogP contribution in [0, 0.1) is 29.1 Å². The number of rotatable bonds is 2. The zero-order chi connectivity index (χ0) is 17.1. The highest BCUT2D eigenvalue weighted by atomic mass is 16.5. The van der Waals surface area contributed by atoms with Crippen LogP contribution in [0.15, 0.2) is 23.3 Å². The maximum atomic E-state index is 10.6. The number of ether oxygens (including phenoxy) is 1. The second kappa shape index (κ2) is 5.69. The molecule has 24 heavy (non-hydrogen) atoms. The van der Waals surface area contributed by atoms with Crippen LogP contribution in [0.3, 0.4) is 0 Å². The lowest BCUT2D eigenvalue weighted by atomic mass is 9.52. The third kappa shape index (κ3) is 2.43. The average Bonchev–Trinajstić information content (AvgIpc) is 2.83. The number of fused-ring (bicyclic) bond motifs is 5. The zero-order valence-electron chi connectivity index (χ0n) is 15.3. The summed E-state index contributed by atoms with van der Waals surface area (Å²) >= 11 is 0. The molecule has 3 heteroatoms. The third-order valence-corrected chi connectivity index (χ3v) is 7.69. The molecule has 0 bridgehead atoms. The van der Waals surface area contributed by atoms with E-state index in [2.05, 4.69) is 19.1 Å². The van der Waals surface area contributed by atoms with Crippen molar-refractivity contribution in [3.63, 3.8) is 0 Å². The van der Waals surface area contributed by atoms with Gasteiger partial charge in [0.15, 0.2) is 0 Å². The van der Waals surface area contributed by atoms with Crippen LogP contribution in [0.4, 0.5) is 0 Å². The molecule has 3 fully saturated rings. The van der Waals surface area contributed by atoms with Gasteiger partial charge < -0.3 is 14.9 Å². The average molecular weight is 332 g/mol. The van der Waals surface area contributed by atoms with Crippen molar-refractivity contribution in [2.75, 3.05) is 13.7 Å². The Bertz CT molecular complexity index is 576. The maximum absolute atomic E-state index is 10.6. The van der Waals surface area contributed by atoms with Crippen molar-refractivity contribution in [1.29, 1.82) is 0 Å². The van der Waals surface area contributed by atoms with E-state index in [9.17, 15) is 10.2 Å². The molecule has 0 aromatic carbocycles. The van der Waals surface area contributed by atoms with E-state index in [1.165, 1.54) is 24.0 Å². The van der Waals surface area contributed by atoms with Gasteiger partial charge in [-0.2, -0.15) is 0 Å². The SMILES string of the molecule is COCC1CC2[C@H](CCC3(C)C(O)CC[C@@H]23)C2=CCC(C)(O)C=C21. The fourth-order valence-corrected chi connectivity index (χ4v) is 6.42. The molecule has 0 saturated heterocycles. The van der Waals surface area contributed by atoms with Gasteiger partial charge in [-0.05, 0) is 85.8 Å². The monoisotopic (exact) mass is 332 g/mol. The maximum Gasteiger partial charge on any atom is 0.0840 e. The summed E-state index contributed by atoms with van der Waals surface area (Å²) < 4.78 is 5.54. The van der Waals surface area contributed by atoms with Crippen molar-refractivity contribution in [1.82, 2.24) is 0 Å². The summed E-state index contributed by atoms with van der Waals surface area (Å²) in [5.41, 5.74) is 2.23. The lowest BCUT2D eigenvalue weighted by Gasteiger charge is -2.53. The van der Waals surface area contributed by atoms with Gasteiger partial charge in [0, 0.05) is 13.0 Å². The highest BCUT2D eigenvalue weighted by Gasteiger charge is 2.56. The Hall–Kier alpha value is -0.640. The quantitative estimate of drug-likeness (QED) is 0.814. The van der Waals surface area contributed by atoms with Crippen LogP contribution in [-0.4, -0.2) is 35.6 Å². The van der Waals surface area contributed by atoms with Gasteiger partial charge in [-0.25, -0.2) is 0 Å². The van der Waals surface area contributed by atoms with Crippen molar-refractivity contribution in [2.45, 2.75) is 64.1 Å². The van der Waals surface area contributed by atoms with Crippen LogP contribution in [0.2, 0.25) is 0 Å². The molecule has 4 aliphatic rings. The third-order valence-electron chi connectivity index (χ3n) is 7.69. The molecule has 3 nitrogen and oxygen atoms in total. The first-order chi connectivity index (χ1) is 11.4.